The Morgan fingerprint density at radius 1 is 1.22 bits per heavy atom. The molecule has 5 nitrogen and oxygen atoms in total. The molecule has 0 radical (unpaired) electrons. The van der Waals surface area contributed by atoms with E-state index in [0.29, 0.717) is 17.7 Å². The van der Waals surface area contributed by atoms with Gasteiger partial charge in [0.2, 0.25) is 5.78 Å². The molecule has 2 aromatic rings. The number of fused-ring (bicyclic) bond motifs is 1. The van der Waals surface area contributed by atoms with Crippen LogP contribution in [0.3, 0.4) is 0 Å². The number of nitrogens with zero attached hydrogens (tertiary/aromatic N) is 1. The first-order chi connectivity index (χ1) is 12.9. The van der Waals surface area contributed by atoms with Crippen molar-refractivity contribution in [2.75, 3.05) is 20.3 Å². The van der Waals surface area contributed by atoms with Crippen LogP contribution in [-0.4, -0.2) is 36.6 Å². The zero-order valence-corrected chi connectivity index (χ0v) is 17.3. The van der Waals surface area contributed by atoms with Crippen molar-refractivity contribution < 1.29 is 19.1 Å². The highest BCUT2D eigenvalue weighted by Crippen LogP contribution is 2.30. The average molecular weight is 390 g/mol. The lowest BCUT2D eigenvalue weighted by molar-refractivity contribution is 0.0473. The second-order valence-corrected chi connectivity index (χ2v) is 8.18. The number of ether oxygens (including phenoxy) is 2. The number of thiophene rings is 1. The van der Waals surface area contributed by atoms with Gasteiger partial charge in [-0.05, 0) is 58.1 Å². The Balaban J connectivity index is 1.68. The molecule has 1 atom stereocenters. The first-order valence-corrected chi connectivity index (χ1v) is 10.3. The van der Waals surface area contributed by atoms with Gasteiger partial charge in [-0.2, -0.15) is 0 Å². The van der Waals surface area contributed by atoms with Crippen LogP contribution in [0.25, 0.3) is 0 Å². The normalized spacial score (nSPS) is 14.7. The van der Waals surface area contributed by atoms with Crippen LogP contribution in [0.1, 0.15) is 68.4 Å². The summed E-state index contributed by atoms with van der Waals surface area (Å²) >= 11 is 1.63. The largest absolute Gasteiger partial charge is 0.454 e. The molecule has 1 aliphatic rings. The second-order valence-electron chi connectivity index (χ2n) is 7.22. The minimum atomic E-state index is -0.385. The number of carbonyl (C=O) groups excluding carboxylic acids is 2. The minimum absolute atomic E-state index is 0.136. The molecule has 0 amide bonds. The number of hydrogen-bond donors (Lipinski definition) is 0. The molecule has 2 heterocycles. The third-order valence-electron chi connectivity index (χ3n) is 5.25. The van der Waals surface area contributed by atoms with E-state index in [9.17, 15) is 9.59 Å². The van der Waals surface area contributed by atoms with E-state index in [1.54, 1.807) is 18.4 Å². The third-order valence-corrected chi connectivity index (χ3v) is 6.34. The Labute approximate surface area is 164 Å². The zero-order valence-electron chi connectivity index (χ0n) is 16.5. The topological polar surface area (TPSA) is 57.5 Å². The number of carbonyl (C=O) groups is 2. The molecular weight excluding hydrogens is 362 g/mol. The van der Waals surface area contributed by atoms with Crippen molar-refractivity contribution in [2.24, 2.45) is 0 Å². The van der Waals surface area contributed by atoms with E-state index in [2.05, 4.69) is 11.5 Å². The Bertz CT molecular complexity index is 849. The molecule has 0 aromatic carbocycles. The van der Waals surface area contributed by atoms with Gasteiger partial charge < -0.3 is 14.0 Å². The molecule has 146 valence electrons. The van der Waals surface area contributed by atoms with Crippen LogP contribution in [0.5, 0.6) is 0 Å². The number of rotatable bonds is 7. The third kappa shape index (κ3) is 4.01. The smallest absolute Gasteiger partial charge is 0.339 e. The molecule has 0 spiro atoms. The van der Waals surface area contributed by atoms with Crippen LogP contribution in [0.2, 0.25) is 0 Å². The van der Waals surface area contributed by atoms with E-state index in [0.717, 1.165) is 36.2 Å². The molecule has 27 heavy (non-hydrogen) atoms. The summed E-state index contributed by atoms with van der Waals surface area (Å²) in [6.45, 7) is 6.29. The Kier molecular flexibility index (Phi) is 6.17. The summed E-state index contributed by atoms with van der Waals surface area (Å²) in [7, 11) is 1.67. The number of methoxy groups -OCH3 is 1. The fourth-order valence-corrected chi connectivity index (χ4v) is 5.12. The van der Waals surface area contributed by atoms with Crippen LogP contribution in [-0.2, 0) is 22.3 Å². The van der Waals surface area contributed by atoms with Crippen molar-refractivity contribution in [3.63, 3.8) is 0 Å². The van der Waals surface area contributed by atoms with Gasteiger partial charge in [-0.1, -0.05) is 0 Å². The quantitative estimate of drug-likeness (QED) is 0.523. The van der Waals surface area contributed by atoms with E-state index < -0.39 is 0 Å². The zero-order chi connectivity index (χ0) is 19.6. The summed E-state index contributed by atoms with van der Waals surface area (Å²) in [5.74, 6) is -0.555. The number of esters is 1. The Morgan fingerprint density at radius 3 is 2.70 bits per heavy atom. The predicted octanol–water partition coefficient (Wildman–Crippen LogP) is 4.29. The number of hydrogen-bond acceptors (Lipinski definition) is 5. The fraction of sp³-hybridized carbons (Fsp3) is 0.524. The molecule has 0 fully saturated rings. The molecule has 1 aliphatic carbocycles. The fourth-order valence-electron chi connectivity index (χ4n) is 4.01. The first kappa shape index (κ1) is 19.8. The molecule has 6 heteroatoms. The van der Waals surface area contributed by atoms with Gasteiger partial charge in [0.05, 0.1) is 18.2 Å². The summed E-state index contributed by atoms with van der Waals surface area (Å²) in [5.41, 5.74) is 4.25. The molecule has 0 aliphatic heterocycles. The van der Waals surface area contributed by atoms with Crippen LogP contribution >= 0.6 is 11.3 Å². The highest BCUT2D eigenvalue weighted by atomic mass is 32.1. The van der Waals surface area contributed by atoms with Crippen molar-refractivity contribution in [3.8, 4) is 0 Å². The lowest BCUT2D eigenvalue weighted by Gasteiger charge is -2.17. The summed E-state index contributed by atoms with van der Waals surface area (Å²) in [5, 5.41) is 1.88. The van der Waals surface area contributed by atoms with Gasteiger partial charge >= 0.3 is 5.97 Å². The Morgan fingerprint density at radius 2 is 1.96 bits per heavy atom. The molecule has 2 aromatic heterocycles. The van der Waals surface area contributed by atoms with Gasteiger partial charge in [0.1, 0.15) is 0 Å². The molecular formula is C21H27NO4S. The van der Waals surface area contributed by atoms with Crippen LogP contribution in [0, 0.1) is 13.8 Å². The van der Waals surface area contributed by atoms with E-state index in [-0.39, 0.29) is 24.4 Å². The van der Waals surface area contributed by atoms with E-state index in [1.807, 2.05) is 25.3 Å². The van der Waals surface area contributed by atoms with Crippen LogP contribution in [0.4, 0.5) is 0 Å². The van der Waals surface area contributed by atoms with Crippen molar-refractivity contribution >= 4 is 23.1 Å². The molecule has 3 rings (SSSR count). The van der Waals surface area contributed by atoms with Gasteiger partial charge in [0, 0.05) is 34.3 Å². The molecule has 0 saturated heterocycles. The summed E-state index contributed by atoms with van der Waals surface area (Å²) < 4.78 is 12.7. The molecule has 0 unspecified atom stereocenters. The SMILES string of the molecule is COC[C@@H](C)n1c(C)cc(C(=O)COC(=O)c2csc3c2CCCC3)c1C. The highest BCUT2D eigenvalue weighted by molar-refractivity contribution is 7.10. The van der Waals surface area contributed by atoms with Crippen molar-refractivity contribution in [2.45, 2.75) is 52.5 Å². The Hall–Kier alpha value is -1.92. The highest BCUT2D eigenvalue weighted by Gasteiger charge is 2.23. The molecule has 0 bridgehead atoms. The summed E-state index contributed by atoms with van der Waals surface area (Å²) in [4.78, 5) is 26.4. The lowest BCUT2D eigenvalue weighted by Crippen LogP contribution is -2.17. The van der Waals surface area contributed by atoms with Crippen molar-refractivity contribution in [3.05, 3.63) is 44.4 Å². The van der Waals surface area contributed by atoms with Gasteiger partial charge in [0.15, 0.2) is 6.61 Å². The maximum Gasteiger partial charge on any atom is 0.339 e. The predicted molar refractivity (Wildman–Crippen MR) is 106 cm³/mol. The summed E-state index contributed by atoms with van der Waals surface area (Å²) in [6, 6.07) is 2.00. The maximum atomic E-state index is 12.7. The van der Waals surface area contributed by atoms with Crippen molar-refractivity contribution in [1.82, 2.24) is 4.57 Å². The molecule has 0 saturated carbocycles. The van der Waals surface area contributed by atoms with Crippen molar-refractivity contribution in [1.29, 1.82) is 0 Å². The standard InChI is InChI=1S/C21H27NO4S/c1-13-9-17(15(3)22(13)14(2)10-25-4)19(23)11-26-21(24)18-12-27-20-8-6-5-7-16(18)20/h9,12,14H,5-8,10-11H2,1-4H3/t14-/m1/s1. The molecule has 0 N–H and O–H groups in total. The number of ketones is 1. The second kappa shape index (κ2) is 8.40. The van der Waals surface area contributed by atoms with Gasteiger partial charge in [-0.3, -0.25) is 4.79 Å². The monoisotopic (exact) mass is 389 g/mol. The average Bonchev–Trinajstić information content (AvgIpc) is 3.20. The van der Waals surface area contributed by atoms with Gasteiger partial charge in [-0.15, -0.1) is 11.3 Å². The van der Waals surface area contributed by atoms with Gasteiger partial charge in [0.25, 0.3) is 0 Å². The van der Waals surface area contributed by atoms with Crippen LogP contribution in [0.15, 0.2) is 11.4 Å². The maximum absolute atomic E-state index is 12.7. The van der Waals surface area contributed by atoms with E-state index >= 15 is 0 Å². The van der Waals surface area contributed by atoms with Gasteiger partial charge in [-0.25, -0.2) is 4.79 Å². The summed E-state index contributed by atoms with van der Waals surface area (Å²) in [6.07, 6.45) is 4.25. The number of aromatic nitrogens is 1. The minimum Gasteiger partial charge on any atom is -0.454 e. The number of Topliss-reactive ketones (excluding diaryl/α,β-unsaturated/α-hetero) is 1. The lowest BCUT2D eigenvalue weighted by atomic mass is 9.96. The first-order valence-electron chi connectivity index (χ1n) is 9.41. The number of aryl methyl sites for hydroxylation is 2. The van der Waals surface area contributed by atoms with E-state index in [1.165, 1.54) is 11.3 Å². The van der Waals surface area contributed by atoms with Crippen LogP contribution < -0.4 is 0 Å². The van der Waals surface area contributed by atoms with E-state index in [4.69, 9.17) is 9.47 Å².